The lowest BCUT2D eigenvalue weighted by atomic mass is 10.1. The molecule has 0 radical (unpaired) electrons. The van der Waals surface area contributed by atoms with Crippen LogP contribution in [0.15, 0.2) is 18.2 Å². The summed E-state index contributed by atoms with van der Waals surface area (Å²) in [4.78, 5) is 15.7. The number of hydrogen-bond donors (Lipinski definition) is 1. The number of carbonyl (C=O) groups excluding carboxylic acids is 1. The van der Waals surface area contributed by atoms with Gasteiger partial charge in [0.15, 0.2) is 0 Å². The van der Waals surface area contributed by atoms with E-state index in [0.29, 0.717) is 5.56 Å². The van der Waals surface area contributed by atoms with Crippen LogP contribution in [0.4, 0.5) is 4.39 Å². The Morgan fingerprint density at radius 2 is 2.20 bits per heavy atom. The molecule has 82 valence electrons. The van der Waals surface area contributed by atoms with Gasteiger partial charge in [-0.3, -0.25) is 0 Å². The fraction of sp³-hybridized carbons (Fsp3) is 0.300. The van der Waals surface area contributed by atoms with E-state index in [0.717, 1.165) is 6.07 Å². The molecule has 0 spiro atoms. The molecule has 0 atom stereocenters. The second-order valence-electron chi connectivity index (χ2n) is 2.82. The van der Waals surface area contributed by atoms with E-state index in [1.807, 2.05) is 0 Å². The largest absolute Gasteiger partial charge is 0.465 e. The molecule has 1 N–H and O–H groups in total. The third-order valence-corrected chi connectivity index (χ3v) is 1.88. The van der Waals surface area contributed by atoms with Crippen LogP contribution in [0, 0.1) is 5.82 Å². The summed E-state index contributed by atoms with van der Waals surface area (Å²) in [7, 11) is 2.70. The summed E-state index contributed by atoms with van der Waals surface area (Å²) in [6.07, 6.45) is 0. The zero-order valence-electron chi connectivity index (χ0n) is 8.54. The van der Waals surface area contributed by atoms with Crippen molar-refractivity contribution in [2.45, 2.75) is 6.54 Å². The van der Waals surface area contributed by atoms with Crippen molar-refractivity contribution in [3.05, 3.63) is 35.1 Å². The summed E-state index contributed by atoms with van der Waals surface area (Å²) >= 11 is 0. The molecule has 1 aromatic carbocycles. The predicted molar refractivity (Wildman–Crippen MR) is 51.6 cm³/mol. The average molecular weight is 213 g/mol. The first kappa shape index (κ1) is 11.6. The number of esters is 1. The quantitative estimate of drug-likeness (QED) is 0.604. The number of benzene rings is 1. The molecule has 0 saturated carbocycles. The summed E-state index contributed by atoms with van der Waals surface area (Å²) in [5.41, 5.74) is 3.12. The highest BCUT2D eigenvalue weighted by molar-refractivity contribution is 5.89. The van der Waals surface area contributed by atoms with Crippen LogP contribution in [-0.4, -0.2) is 20.2 Å². The van der Waals surface area contributed by atoms with Gasteiger partial charge in [-0.25, -0.2) is 9.18 Å². The standard InChI is InChI=1S/C10H12FNO3/c1-14-10(13)7-3-4-8(6-12-15-2)9(11)5-7/h3-5,12H,6H2,1-2H3. The molecule has 0 saturated heterocycles. The van der Waals surface area contributed by atoms with Crippen molar-refractivity contribution in [1.29, 1.82) is 0 Å². The lowest BCUT2D eigenvalue weighted by molar-refractivity contribution is 0.0600. The molecule has 0 bridgehead atoms. The molecule has 0 fully saturated rings. The van der Waals surface area contributed by atoms with Crippen LogP contribution in [0.25, 0.3) is 0 Å². The molecule has 0 unspecified atom stereocenters. The molecular weight excluding hydrogens is 201 g/mol. The maximum atomic E-state index is 13.4. The topological polar surface area (TPSA) is 47.6 Å². The number of ether oxygens (including phenoxy) is 1. The molecule has 0 amide bonds. The summed E-state index contributed by atoms with van der Waals surface area (Å²) in [6, 6.07) is 4.15. The Labute approximate surface area is 86.9 Å². The van der Waals surface area contributed by atoms with Crippen molar-refractivity contribution in [3.63, 3.8) is 0 Å². The van der Waals surface area contributed by atoms with Crippen molar-refractivity contribution in [3.8, 4) is 0 Å². The number of nitrogens with one attached hydrogen (secondary N) is 1. The first-order valence-corrected chi connectivity index (χ1v) is 4.31. The highest BCUT2D eigenvalue weighted by Crippen LogP contribution is 2.11. The van der Waals surface area contributed by atoms with Crippen LogP contribution >= 0.6 is 0 Å². The van der Waals surface area contributed by atoms with Gasteiger partial charge in [-0.2, -0.15) is 5.48 Å². The van der Waals surface area contributed by atoms with Gasteiger partial charge in [0.05, 0.1) is 19.8 Å². The molecule has 0 aromatic heterocycles. The maximum absolute atomic E-state index is 13.4. The fourth-order valence-corrected chi connectivity index (χ4v) is 1.09. The third-order valence-electron chi connectivity index (χ3n) is 1.88. The number of hydrogen-bond acceptors (Lipinski definition) is 4. The van der Waals surface area contributed by atoms with Crippen LogP contribution in [-0.2, 0) is 16.1 Å². The number of halogens is 1. The maximum Gasteiger partial charge on any atom is 0.337 e. The van der Waals surface area contributed by atoms with Crippen molar-refractivity contribution in [2.24, 2.45) is 0 Å². The van der Waals surface area contributed by atoms with Gasteiger partial charge in [-0.15, -0.1) is 0 Å². The second kappa shape index (κ2) is 5.43. The Balaban J connectivity index is 2.83. The van der Waals surface area contributed by atoms with E-state index in [-0.39, 0.29) is 12.1 Å². The van der Waals surface area contributed by atoms with Gasteiger partial charge in [0.25, 0.3) is 0 Å². The number of hydroxylamine groups is 1. The number of rotatable bonds is 4. The third kappa shape index (κ3) is 3.00. The highest BCUT2D eigenvalue weighted by atomic mass is 19.1. The van der Waals surface area contributed by atoms with E-state index < -0.39 is 11.8 Å². The Morgan fingerprint density at radius 1 is 1.47 bits per heavy atom. The van der Waals surface area contributed by atoms with Crippen molar-refractivity contribution in [1.82, 2.24) is 5.48 Å². The monoisotopic (exact) mass is 213 g/mol. The van der Waals surface area contributed by atoms with Gasteiger partial charge < -0.3 is 9.57 Å². The zero-order valence-corrected chi connectivity index (χ0v) is 8.54. The Morgan fingerprint density at radius 3 is 2.73 bits per heavy atom. The number of methoxy groups -OCH3 is 1. The van der Waals surface area contributed by atoms with Crippen LogP contribution < -0.4 is 5.48 Å². The summed E-state index contributed by atoms with van der Waals surface area (Å²) in [5, 5.41) is 0. The van der Waals surface area contributed by atoms with E-state index >= 15 is 0 Å². The van der Waals surface area contributed by atoms with Crippen LogP contribution in [0.1, 0.15) is 15.9 Å². The molecule has 0 heterocycles. The van der Waals surface area contributed by atoms with E-state index in [1.165, 1.54) is 26.4 Å². The van der Waals surface area contributed by atoms with Crippen molar-refractivity contribution in [2.75, 3.05) is 14.2 Å². The zero-order chi connectivity index (χ0) is 11.3. The smallest absolute Gasteiger partial charge is 0.337 e. The average Bonchev–Trinajstić information content (AvgIpc) is 2.26. The predicted octanol–water partition coefficient (Wildman–Crippen LogP) is 1.26. The van der Waals surface area contributed by atoms with Gasteiger partial charge >= 0.3 is 5.97 Å². The van der Waals surface area contributed by atoms with Gasteiger partial charge in [-0.05, 0) is 12.1 Å². The van der Waals surface area contributed by atoms with Gasteiger partial charge in [0.1, 0.15) is 5.82 Å². The second-order valence-corrected chi connectivity index (χ2v) is 2.82. The molecule has 1 rings (SSSR count). The molecule has 0 aliphatic heterocycles. The summed E-state index contributed by atoms with van der Waals surface area (Å²) in [5.74, 6) is -1.03. The van der Waals surface area contributed by atoms with Crippen molar-refractivity contribution < 1.29 is 18.8 Å². The highest BCUT2D eigenvalue weighted by Gasteiger charge is 2.09. The molecule has 0 aliphatic rings. The lowest BCUT2D eigenvalue weighted by Gasteiger charge is -2.05. The molecule has 15 heavy (non-hydrogen) atoms. The normalized spacial score (nSPS) is 10.1. The van der Waals surface area contributed by atoms with E-state index in [9.17, 15) is 9.18 Å². The van der Waals surface area contributed by atoms with E-state index in [2.05, 4.69) is 15.1 Å². The van der Waals surface area contributed by atoms with E-state index in [1.54, 1.807) is 0 Å². The van der Waals surface area contributed by atoms with Crippen LogP contribution in [0.3, 0.4) is 0 Å². The Hall–Kier alpha value is -1.46. The Bertz CT molecular complexity index is 355. The molecular formula is C10H12FNO3. The van der Waals surface area contributed by atoms with Crippen LogP contribution in [0.5, 0.6) is 0 Å². The molecule has 0 aliphatic carbocycles. The minimum Gasteiger partial charge on any atom is -0.465 e. The van der Waals surface area contributed by atoms with Crippen molar-refractivity contribution >= 4 is 5.97 Å². The van der Waals surface area contributed by atoms with Gasteiger partial charge in [0.2, 0.25) is 0 Å². The first-order chi connectivity index (χ1) is 7.19. The SMILES string of the molecule is CONCc1ccc(C(=O)OC)cc1F. The molecule has 4 nitrogen and oxygen atoms in total. The van der Waals surface area contributed by atoms with Gasteiger partial charge in [-0.1, -0.05) is 6.07 Å². The summed E-state index contributed by atoms with van der Waals surface area (Å²) < 4.78 is 17.8. The Kier molecular flexibility index (Phi) is 4.20. The minimum absolute atomic E-state index is 0.191. The molecule has 1 aromatic rings. The lowest BCUT2D eigenvalue weighted by Crippen LogP contribution is -2.12. The van der Waals surface area contributed by atoms with Gasteiger partial charge in [0, 0.05) is 12.1 Å². The van der Waals surface area contributed by atoms with Crippen LogP contribution in [0.2, 0.25) is 0 Å². The summed E-state index contributed by atoms with van der Waals surface area (Å²) in [6.45, 7) is 0.240. The first-order valence-electron chi connectivity index (χ1n) is 4.31. The number of carbonyl (C=O) groups is 1. The van der Waals surface area contributed by atoms with E-state index in [4.69, 9.17) is 0 Å². The minimum atomic E-state index is -0.555. The fourth-order valence-electron chi connectivity index (χ4n) is 1.09. The molecule has 5 heteroatoms.